The molecule has 1 aliphatic heterocycles. The summed E-state index contributed by atoms with van der Waals surface area (Å²) in [6, 6.07) is 5.25. The van der Waals surface area contributed by atoms with Crippen LogP contribution in [0.3, 0.4) is 0 Å². The molecule has 1 aromatic rings. The number of quaternary nitrogens is 1. The predicted molar refractivity (Wildman–Crippen MR) is 71.4 cm³/mol. The van der Waals surface area contributed by atoms with Crippen LogP contribution in [0.1, 0.15) is 12.8 Å². The van der Waals surface area contributed by atoms with Crippen LogP contribution in [0.2, 0.25) is 5.02 Å². The molecule has 0 bridgehead atoms. The van der Waals surface area contributed by atoms with Crippen LogP contribution in [-0.2, 0) is 4.79 Å². The summed E-state index contributed by atoms with van der Waals surface area (Å²) in [6.07, 6.45) is 2.44. The van der Waals surface area contributed by atoms with Crippen LogP contribution >= 0.6 is 11.6 Å². The van der Waals surface area contributed by atoms with Crippen molar-refractivity contribution in [3.8, 4) is 5.75 Å². The van der Waals surface area contributed by atoms with Gasteiger partial charge in [-0.3, -0.25) is 4.79 Å². The summed E-state index contributed by atoms with van der Waals surface area (Å²) in [5.74, 6) is 0.646. The summed E-state index contributed by atoms with van der Waals surface area (Å²) >= 11 is 6.00. The standard InChI is InChI=1S/C13H17ClN2O2/c1-18-12-5-4-10(8-11(12)14)15-13(17)9-16-6-2-3-7-16/h4-5,8H,2-3,6-7,9H2,1H3,(H,15,17)/p+1. The Morgan fingerprint density at radius 1 is 1.44 bits per heavy atom. The minimum atomic E-state index is 0.0353. The maximum absolute atomic E-state index is 11.8. The highest BCUT2D eigenvalue weighted by molar-refractivity contribution is 6.32. The number of nitrogens with one attached hydrogen (secondary N) is 2. The van der Waals surface area contributed by atoms with E-state index in [1.807, 2.05) is 0 Å². The fourth-order valence-electron chi connectivity index (χ4n) is 2.23. The largest absolute Gasteiger partial charge is 0.495 e. The number of rotatable bonds is 4. The van der Waals surface area contributed by atoms with Gasteiger partial charge in [0.15, 0.2) is 6.54 Å². The Hall–Kier alpha value is -1.26. The lowest BCUT2D eigenvalue weighted by molar-refractivity contribution is -0.878. The van der Waals surface area contributed by atoms with E-state index in [1.54, 1.807) is 25.3 Å². The van der Waals surface area contributed by atoms with E-state index in [0.29, 0.717) is 23.0 Å². The number of hydrogen-bond acceptors (Lipinski definition) is 2. The van der Waals surface area contributed by atoms with Gasteiger partial charge in [0.05, 0.1) is 25.2 Å². The Morgan fingerprint density at radius 2 is 2.17 bits per heavy atom. The van der Waals surface area contributed by atoms with Crippen molar-refractivity contribution in [2.75, 3.05) is 32.1 Å². The third-order valence-corrected chi connectivity index (χ3v) is 3.45. The van der Waals surface area contributed by atoms with Crippen molar-refractivity contribution < 1.29 is 14.4 Å². The van der Waals surface area contributed by atoms with Gasteiger partial charge in [-0.2, -0.15) is 0 Å². The molecule has 1 saturated heterocycles. The Kier molecular flexibility index (Phi) is 4.44. The number of methoxy groups -OCH3 is 1. The third kappa shape index (κ3) is 3.37. The number of carbonyl (C=O) groups excluding carboxylic acids is 1. The first-order valence-corrected chi connectivity index (χ1v) is 6.54. The van der Waals surface area contributed by atoms with E-state index in [4.69, 9.17) is 16.3 Å². The van der Waals surface area contributed by atoms with E-state index >= 15 is 0 Å². The van der Waals surface area contributed by atoms with Gasteiger partial charge in [-0.25, -0.2) is 0 Å². The molecule has 0 aliphatic carbocycles. The molecule has 1 heterocycles. The minimum Gasteiger partial charge on any atom is -0.495 e. The number of carbonyl (C=O) groups is 1. The Bertz CT molecular complexity index is 431. The number of hydrogen-bond donors (Lipinski definition) is 2. The summed E-state index contributed by atoms with van der Waals surface area (Å²) in [7, 11) is 1.57. The van der Waals surface area contributed by atoms with Crippen LogP contribution in [-0.4, -0.2) is 32.7 Å². The SMILES string of the molecule is COc1ccc(NC(=O)C[NH+]2CCCC2)cc1Cl. The minimum absolute atomic E-state index is 0.0353. The summed E-state index contributed by atoms with van der Waals surface area (Å²) in [5.41, 5.74) is 0.712. The van der Waals surface area contributed by atoms with Crippen molar-refractivity contribution in [3.05, 3.63) is 23.2 Å². The van der Waals surface area contributed by atoms with Crippen molar-refractivity contribution in [2.45, 2.75) is 12.8 Å². The van der Waals surface area contributed by atoms with Crippen molar-refractivity contribution in [1.82, 2.24) is 0 Å². The Morgan fingerprint density at radius 3 is 2.78 bits per heavy atom. The molecular formula is C13H18ClN2O2+. The molecule has 0 atom stereocenters. The maximum Gasteiger partial charge on any atom is 0.279 e. The topological polar surface area (TPSA) is 42.8 Å². The van der Waals surface area contributed by atoms with Crippen LogP contribution in [0.4, 0.5) is 5.69 Å². The zero-order valence-electron chi connectivity index (χ0n) is 10.5. The molecule has 1 amide bonds. The molecule has 0 aromatic heterocycles. The normalized spacial score (nSPS) is 15.7. The first kappa shape index (κ1) is 13.2. The lowest BCUT2D eigenvalue weighted by Gasteiger charge is -2.12. The highest BCUT2D eigenvalue weighted by Gasteiger charge is 2.18. The van der Waals surface area contributed by atoms with Gasteiger partial charge in [-0.1, -0.05) is 11.6 Å². The summed E-state index contributed by atoms with van der Waals surface area (Å²) in [4.78, 5) is 13.2. The van der Waals surface area contributed by atoms with Crippen molar-refractivity contribution >= 4 is 23.2 Å². The smallest absolute Gasteiger partial charge is 0.279 e. The first-order valence-electron chi connectivity index (χ1n) is 6.16. The Balaban J connectivity index is 1.92. The van der Waals surface area contributed by atoms with Crippen molar-refractivity contribution in [3.63, 3.8) is 0 Å². The summed E-state index contributed by atoms with van der Waals surface area (Å²) in [5, 5.41) is 3.36. The van der Waals surface area contributed by atoms with E-state index in [2.05, 4.69) is 5.32 Å². The van der Waals surface area contributed by atoms with Crippen LogP contribution < -0.4 is 15.0 Å². The first-order chi connectivity index (χ1) is 8.69. The molecule has 5 heteroatoms. The van der Waals surface area contributed by atoms with Crippen molar-refractivity contribution in [1.29, 1.82) is 0 Å². The number of anilines is 1. The van der Waals surface area contributed by atoms with Crippen LogP contribution in [0.5, 0.6) is 5.75 Å². The molecule has 0 radical (unpaired) electrons. The molecule has 18 heavy (non-hydrogen) atoms. The van der Waals surface area contributed by atoms with E-state index in [9.17, 15) is 4.79 Å². The van der Waals surface area contributed by atoms with E-state index in [-0.39, 0.29) is 5.91 Å². The summed E-state index contributed by atoms with van der Waals surface area (Å²) in [6.45, 7) is 2.72. The molecule has 0 unspecified atom stereocenters. The molecule has 1 aliphatic rings. The molecular weight excluding hydrogens is 252 g/mol. The number of amides is 1. The predicted octanol–water partition coefficient (Wildman–Crippen LogP) is 0.966. The quantitative estimate of drug-likeness (QED) is 0.855. The highest BCUT2D eigenvalue weighted by Crippen LogP contribution is 2.26. The van der Waals surface area contributed by atoms with Gasteiger partial charge in [0, 0.05) is 18.5 Å². The molecule has 2 rings (SSSR count). The van der Waals surface area contributed by atoms with E-state index in [0.717, 1.165) is 13.1 Å². The molecule has 1 fully saturated rings. The molecule has 0 spiro atoms. The van der Waals surface area contributed by atoms with Crippen LogP contribution in [0.15, 0.2) is 18.2 Å². The average molecular weight is 270 g/mol. The second-order valence-electron chi connectivity index (χ2n) is 4.53. The molecule has 1 aromatic carbocycles. The molecule has 2 N–H and O–H groups in total. The van der Waals surface area contributed by atoms with Gasteiger partial charge in [-0.15, -0.1) is 0 Å². The fourth-order valence-corrected chi connectivity index (χ4v) is 2.49. The molecule has 0 saturated carbocycles. The van der Waals surface area contributed by atoms with Gasteiger partial charge < -0.3 is 15.0 Å². The van der Waals surface area contributed by atoms with Gasteiger partial charge in [-0.05, 0) is 18.2 Å². The van der Waals surface area contributed by atoms with Gasteiger partial charge in [0.2, 0.25) is 0 Å². The maximum atomic E-state index is 11.8. The molecule has 4 nitrogen and oxygen atoms in total. The number of halogens is 1. The van der Waals surface area contributed by atoms with E-state index in [1.165, 1.54) is 17.7 Å². The van der Waals surface area contributed by atoms with Gasteiger partial charge >= 0.3 is 0 Å². The lowest BCUT2D eigenvalue weighted by atomic mass is 10.3. The van der Waals surface area contributed by atoms with E-state index < -0.39 is 0 Å². The van der Waals surface area contributed by atoms with Gasteiger partial charge in [0.1, 0.15) is 5.75 Å². The lowest BCUT2D eigenvalue weighted by Crippen LogP contribution is -3.11. The fraction of sp³-hybridized carbons (Fsp3) is 0.462. The van der Waals surface area contributed by atoms with Crippen molar-refractivity contribution in [2.24, 2.45) is 0 Å². The average Bonchev–Trinajstić information content (AvgIpc) is 2.82. The third-order valence-electron chi connectivity index (χ3n) is 3.16. The zero-order chi connectivity index (χ0) is 13.0. The second kappa shape index (κ2) is 6.07. The summed E-state index contributed by atoms with van der Waals surface area (Å²) < 4.78 is 5.06. The number of benzene rings is 1. The second-order valence-corrected chi connectivity index (χ2v) is 4.94. The molecule has 98 valence electrons. The Labute approximate surface area is 112 Å². The van der Waals surface area contributed by atoms with Crippen LogP contribution in [0.25, 0.3) is 0 Å². The zero-order valence-corrected chi connectivity index (χ0v) is 11.2. The van der Waals surface area contributed by atoms with Crippen LogP contribution in [0, 0.1) is 0 Å². The monoisotopic (exact) mass is 269 g/mol. The number of likely N-dealkylation sites (tertiary alicyclic amines) is 1. The highest BCUT2D eigenvalue weighted by atomic mass is 35.5. The number of ether oxygens (including phenoxy) is 1. The van der Waals surface area contributed by atoms with Gasteiger partial charge in [0.25, 0.3) is 5.91 Å².